The SMILES string of the molecule is CCOC1(C(=O)Cc2c(F)cccc2Cl)CCCC1. The van der Waals surface area contributed by atoms with Gasteiger partial charge in [0.15, 0.2) is 5.78 Å². The lowest BCUT2D eigenvalue weighted by Crippen LogP contribution is -2.40. The first-order chi connectivity index (χ1) is 9.09. The molecule has 2 rings (SSSR count). The van der Waals surface area contributed by atoms with Gasteiger partial charge in [0.05, 0.1) is 0 Å². The molecular formula is C15H18ClFO2. The van der Waals surface area contributed by atoms with Gasteiger partial charge in [0.2, 0.25) is 0 Å². The van der Waals surface area contributed by atoms with Gasteiger partial charge in [-0.2, -0.15) is 0 Å². The number of halogens is 2. The number of ether oxygens (including phenoxy) is 1. The quantitative estimate of drug-likeness (QED) is 0.819. The zero-order valence-corrected chi connectivity index (χ0v) is 11.8. The topological polar surface area (TPSA) is 26.3 Å². The van der Waals surface area contributed by atoms with Crippen LogP contribution in [0.2, 0.25) is 5.02 Å². The third-order valence-electron chi connectivity index (χ3n) is 3.74. The van der Waals surface area contributed by atoms with E-state index < -0.39 is 11.4 Å². The maximum absolute atomic E-state index is 13.7. The van der Waals surface area contributed by atoms with Gasteiger partial charge in [-0.3, -0.25) is 4.79 Å². The molecule has 1 saturated carbocycles. The van der Waals surface area contributed by atoms with Crippen molar-refractivity contribution in [1.82, 2.24) is 0 Å². The van der Waals surface area contributed by atoms with E-state index >= 15 is 0 Å². The van der Waals surface area contributed by atoms with Crippen molar-refractivity contribution in [2.45, 2.75) is 44.6 Å². The number of ketones is 1. The number of hydrogen-bond acceptors (Lipinski definition) is 2. The highest BCUT2D eigenvalue weighted by Crippen LogP contribution is 2.35. The lowest BCUT2D eigenvalue weighted by molar-refractivity contribution is -0.142. The summed E-state index contributed by atoms with van der Waals surface area (Å²) in [6.07, 6.45) is 3.43. The first kappa shape index (κ1) is 14.5. The molecule has 0 amide bonds. The monoisotopic (exact) mass is 284 g/mol. The van der Waals surface area contributed by atoms with Crippen molar-refractivity contribution in [2.24, 2.45) is 0 Å². The molecule has 0 atom stereocenters. The molecule has 0 N–H and O–H groups in total. The average Bonchev–Trinajstić information content (AvgIpc) is 2.84. The fourth-order valence-electron chi connectivity index (χ4n) is 2.75. The Labute approximate surface area is 117 Å². The molecule has 0 radical (unpaired) electrons. The molecule has 0 bridgehead atoms. The minimum atomic E-state index is -0.722. The van der Waals surface area contributed by atoms with Crippen molar-refractivity contribution in [1.29, 1.82) is 0 Å². The van der Waals surface area contributed by atoms with Crippen LogP contribution in [0.3, 0.4) is 0 Å². The van der Waals surface area contributed by atoms with Crippen molar-refractivity contribution >= 4 is 17.4 Å². The van der Waals surface area contributed by atoms with Crippen molar-refractivity contribution in [3.05, 3.63) is 34.6 Å². The highest BCUT2D eigenvalue weighted by Gasteiger charge is 2.41. The standard InChI is InChI=1S/C15H18ClFO2/c1-2-19-15(8-3-4-9-15)14(18)10-11-12(16)6-5-7-13(11)17/h5-7H,2-4,8-10H2,1H3. The Morgan fingerprint density at radius 2 is 2.11 bits per heavy atom. The van der Waals surface area contributed by atoms with Crippen LogP contribution in [-0.2, 0) is 16.0 Å². The first-order valence-corrected chi connectivity index (χ1v) is 7.07. The van der Waals surface area contributed by atoms with Gasteiger partial charge < -0.3 is 4.74 Å². The highest BCUT2D eigenvalue weighted by atomic mass is 35.5. The molecule has 4 heteroatoms. The second-order valence-electron chi connectivity index (χ2n) is 4.93. The van der Waals surface area contributed by atoms with Gasteiger partial charge in [-0.15, -0.1) is 0 Å². The molecule has 0 aliphatic heterocycles. The molecule has 1 aromatic carbocycles. The first-order valence-electron chi connectivity index (χ1n) is 6.69. The normalized spacial score (nSPS) is 17.6. The van der Waals surface area contributed by atoms with Crippen LogP contribution < -0.4 is 0 Å². The van der Waals surface area contributed by atoms with E-state index in [1.807, 2.05) is 6.92 Å². The van der Waals surface area contributed by atoms with E-state index in [-0.39, 0.29) is 17.8 Å². The number of carbonyl (C=O) groups excluding carboxylic acids is 1. The summed E-state index contributed by atoms with van der Waals surface area (Å²) in [4.78, 5) is 12.5. The molecule has 1 aliphatic carbocycles. The summed E-state index contributed by atoms with van der Waals surface area (Å²) in [5.41, 5.74) is -0.444. The molecule has 0 spiro atoms. The van der Waals surface area contributed by atoms with E-state index in [4.69, 9.17) is 16.3 Å². The number of carbonyl (C=O) groups is 1. The van der Waals surface area contributed by atoms with E-state index in [0.29, 0.717) is 11.6 Å². The maximum atomic E-state index is 13.7. The summed E-state index contributed by atoms with van der Waals surface area (Å²) in [5, 5.41) is 0.304. The van der Waals surface area contributed by atoms with Crippen LogP contribution in [0.1, 0.15) is 38.2 Å². The molecular weight excluding hydrogens is 267 g/mol. The van der Waals surface area contributed by atoms with Crippen LogP contribution >= 0.6 is 11.6 Å². The number of Topliss-reactive ketones (excluding diaryl/α,β-unsaturated/α-hetero) is 1. The summed E-state index contributed by atoms with van der Waals surface area (Å²) >= 11 is 5.97. The molecule has 2 nitrogen and oxygen atoms in total. The Morgan fingerprint density at radius 3 is 2.68 bits per heavy atom. The smallest absolute Gasteiger partial charge is 0.169 e. The van der Waals surface area contributed by atoms with E-state index in [9.17, 15) is 9.18 Å². The minimum Gasteiger partial charge on any atom is -0.367 e. The van der Waals surface area contributed by atoms with E-state index in [2.05, 4.69) is 0 Å². The molecule has 0 unspecified atom stereocenters. The lowest BCUT2D eigenvalue weighted by atomic mass is 9.91. The predicted molar refractivity (Wildman–Crippen MR) is 72.9 cm³/mol. The molecule has 0 aromatic heterocycles. The van der Waals surface area contributed by atoms with Gasteiger partial charge in [-0.25, -0.2) is 4.39 Å². The van der Waals surface area contributed by atoms with Crippen molar-refractivity contribution in [2.75, 3.05) is 6.61 Å². The average molecular weight is 285 g/mol. The van der Waals surface area contributed by atoms with Crippen molar-refractivity contribution < 1.29 is 13.9 Å². The van der Waals surface area contributed by atoms with Gasteiger partial charge in [0, 0.05) is 23.6 Å². The zero-order valence-electron chi connectivity index (χ0n) is 11.0. The third kappa shape index (κ3) is 2.98. The molecule has 19 heavy (non-hydrogen) atoms. The van der Waals surface area contributed by atoms with E-state index in [0.717, 1.165) is 25.7 Å². The van der Waals surface area contributed by atoms with Crippen LogP contribution in [0.4, 0.5) is 4.39 Å². The summed E-state index contributed by atoms with van der Waals surface area (Å²) in [7, 11) is 0. The molecule has 104 valence electrons. The number of rotatable bonds is 5. The Hall–Kier alpha value is -0.930. The highest BCUT2D eigenvalue weighted by molar-refractivity contribution is 6.31. The molecule has 1 fully saturated rings. The number of benzene rings is 1. The molecule has 1 aliphatic rings. The van der Waals surface area contributed by atoms with Crippen LogP contribution in [0.5, 0.6) is 0 Å². The van der Waals surface area contributed by atoms with Gasteiger partial charge in [0.25, 0.3) is 0 Å². The van der Waals surface area contributed by atoms with Crippen LogP contribution in [0, 0.1) is 5.82 Å². The lowest BCUT2D eigenvalue weighted by Gasteiger charge is -2.27. The Kier molecular flexibility index (Phi) is 4.58. The summed E-state index contributed by atoms with van der Waals surface area (Å²) in [5.74, 6) is -0.482. The maximum Gasteiger partial charge on any atom is 0.169 e. The largest absolute Gasteiger partial charge is 0.367 e. The van der Waals surface area contributed by atoms with Gasteiger partial charge in [0.1, 0.15) is 11.4 Å². The van der Waals surface area contributed by atoms with Gasteiger partial charge in [-0.05, 0) is 44.7 Å². The van der Waals surface area contributed by atoms with Crippen molar-refractivity contribution in [3.8, 4) is 0 Å². The van der Waals surface area contributed by atoms with E-state index in [1.54, 1.807) is 12.1 Å². The fraction of sp³-hybridized carbons (Fsp3) is 0.533. The second-order valence-corrected chi connectivity index (χ2v) is 5.34. The van der Waals surface area contributed by atoms with Crippen LogP contribution in [0.25, 0.3) is 0 Å². The minimum absolute atomic E-state index is 0.00546. The predicted octanol–water partition coefficient (Wildman–Crippen LogP) is 3.94. The zero-order chi connectivity index (χ0) is 13.9. The Balaban J connectivity index is 2.20. The second kappa shape index (κ2) is 6.02. The Morgan fingerprint density at radius 1 is 1.42 bits per heavy atom. The van der Waals surface area contributed by atoms with Crippen molar-refractivity contribution in [3.63, 3.8) is 0 Å². The summed E-state index contributed by atoms with van der Waals surface area (Å²) in [6.45, 7) is 2.38. The van der Waals surface area contributed by atoms with Gasteiger partial charge in [-0.1, -0.05) is 17.7 Å². The van der Waals surface area contributed by atoms with Crippen LogP contribution in [-0.4, -0.2) is 18.0 Å². The fourth-order valence-corrected chi connectivity index (χ4v) is 2.98. The number of hydrogen-bond donors (Lipinski definition) is 0. The third-order valence-corrected chi connectivity index (χ3v) is 4.09. The molecule has 1 aromatic rings. The molecule has 0 saturated heterocycles. The van der Waals surface area contributed by atoms with E-state index in [1.165, 1.54) is 6.07 Å². The van der Waals surface area contributed by atoms with Crippen LogP contribution in [0.15, 0.2) is 18.2 Å². The van der Waals surface area contributed by atoms with Gasteiger partial charge >= 0.3 is 0 Å². The summed E-state index contributed by atoms with van der Waals surface area (Å²) in [6, 6.07) is 4.48. The Bertz CT molecular complexity index is 447. The molecule has 0 heterocycles. The summed E-state index contributed by atoms with van der Waals surface area (Å²) < 4.78 is 19.4.